The van der Waals surface area contributed by atoms with Gasteiger partial charge in [0, 0.05) is 52.1 Å². The third kappa shape index (κ3) is 9.24. The van der Waals surface area contributed by atoms with E-state index in [1.54, 1.807) is 0 Å². The number of anilines is 4. The summed E-state index contributed by atoms with van der Waals surface area (Å²) in [6, 6.07) is 17.7. The number of aliphatic imine (C=N–C) groups is 2. The Morgan fingerprint density at radius 3 is 1.73 bits per heavy atom. The average Bonchev–Trinajstić information content (AvgIpc) is 3.03. The minimum Gasteiger partial charge on any atom is -0.370 e. The summed E-state index contributed by atoms with van der Waals surface area (Å²) in [6.45, 7) is 11.2. The van der Waals surface area contributed by atoms with Crippen LogP contribution in [-0.4, -0.2) is 50.9 Å². The van der Waals surface area contributed by atoms with Crippen molar-refractivity contribution in [2.75, 3.05) is 53.7 Å². The van der Waals surface area contributed by atoms with E-state index >= 15 is 0 Å². The summed E-state index contributed by atoms with van der Waals surface area (Å²) in [5.41, 5.74) is 4.81. The van der Waals surface area contributed by atoms with Crippen LogP contribution in [0.5, 0.6) is 0 Å². The van der Waals surface area contributed by atoms with Gasteiger partial charge in [0.05, 0.1) is 22.7 Å². The van der Waals surface area contributed by atoms with Gasteiger partial charge < -0.3 is 20.4 Å². The first-order valence-corrected chi connectivity index (χ1v) is 15.7. The Balaban J connectivity index is 0.000000189. The number of amidine groups is 2. The minimum atomic E-state index is 0.690. The molecule has 0 bridgehead atoms. The molecule has 2 heterocycles. The van der Waals surface area contributed by atoms with Crippen LogP contribution in [-0.2, 0) is 0 Å². The zero-order valence-electron chi connectivity index (χ0n) is 25.2. The molecule has 1 saturated carbocycles. The lowest BCUT2D eigenvalue weighted by Crippen LogP contribution is -2.34. The summed E-state index contributed by atoms with van der Waals surface area (Å²) < 4.78 is 0. The Hall–Kier alpha value is -3.54. The molecule has 0 amide bonds. The van der Waals surface area contributed by atoms with Gasteiger partial charge in [0.15, 0.2) is 0 Å². The van der Waals surface area contributed by atoms with Crippen molar-refractivity contribution in [1.29, 1.82) is 0 Å². The molecule has 2 N–H and O–H groups in total. The van der Waals surface area contributed by atoms with Crippen LogP contribution >= 0.6 is 0 Å². The van der Waals surface area contributed by atoms with E-state index < -0.39 is 0 Å². The smallest absolute Gasteiger partial charge is 0.101 e. The number of hydrogen-bond donors (Lipinski definition) is 2. The van der Waals surface area contributed by atoms with Crippen LogP contribution in [0.25, 0.3) is 0 Å². The van der Waals surface area contributed by atoms with E-state index in [2.05, 4.69) is 99.2 Å². The van der Waals surface area contributed by atoms with Crippen LogP contribution in [0.4, 0.5) is 22.7 Å². The molecule has 41 heavy (non-hydrogen) atoms. The van der Waals surface area contributed by atoms with Crippen molar-refractivity contribution in [1.82, 2.24) is 0 Å². The summed E-state index contributed by atoms with van der Waals surface area (Å²) in [6.07, 6.45) is 17.7. The van der Waals surface area contributed by atoms with Gasteiger partial charge in [-0.3, -0.25) is 9.98 Å². The SMILES string of the molecule is C=CCN(CC=C)c1ccccc1NC1=NCCCC1.CN(c1ccccc1NC1=NCCCC1)C1CCCCC1. The van der Waals surface area contributed by atoms with E-state index in [9.17, 15) is 0 Å². The Morgan fingerprint density at radius 1 is 0.707 bits per heavy atom. The number of hydrogen-bond acceptors (Lipinski definition) is 6. The third-order valence-corrected chi connectivity index (χ3v) is 8.16. The maximum Gasteiger partial charge on any atom is 0.101 e. The minimum absolute atomic E-state index is 0.690. The zero-order chi connectivity index (χ0) is 28.7. The van der Waals surface area contributed by atoms with Gasteiger partial charge in [-0.15, -0.1) is 13.2 Å². The van der Waals surface area contributed by atoms with Crippen molar-refractivity contribution in [3.63, 3.8) is 0 Å². The molecule has 5 rings (SSSR count). The third-order valence-electron chi connectivity index (χ3n) is 8.16. The standard InChI is InChI=1S/C18H27N3.C17H23N3/c1-21(15-9-3-2-4-10-15)17-12-6-5-11-16(17)20-18-13-7-8-14-19-18;1-3-13-20(14-4-2)16-10-6-5-9-15(16)19-17-11-7-8-12-18-17/h5-6,11-12,15H,2-4,7-10,13-14H2,1H3,(H,19,20);3-6,9-10H,1-2,7-8,11-14H2,(H,18,19). The van der Waals surface area contributed by atoms with Crippen molar-refractivity contribution >= 4 is 34.4 Å². The summed E-state index contributed by atoms with van der Waals surface area (Å²) in [5, 5.41) is 7.06. The molecule has 0 saturated heterocycles. The molecule has 0 radical (unpaired) electrons. The van der Waals surface area contributed by atoms with Crippen molar-refractivity contribution in [3.8, 4) is 0 Å². The van der Waals surface area contributed by atoms with Gasteiger partial charge in [-0.05, 0) is 62.8 Å². The molecular formula is C35H50N6. The highest BCUT2D eigenvalue weighted by Gasteiger charge is 2.20. The molecule has 2 aromatic carbocycles. The molecular weight excluding hydrogens is 504 g/mol. The van der Waals surface area contributed by atoms with E-state index in [0.29, 0.717) is 6.04 Å². The fourth-order valence-electron chi connectivity index (χ4n) is 5.90. The highest BCUT2D eigenvalue weighted by molar-refractivity contribution is 5.99. The van der Waals surface area contributed by atoms with Gasteiger partial charge in [0.25, 0.3) is 0 Å². The van der Waals surface area contributed by atoms with E-state index in [1.165, 1.54) is 74.8 Å². The Morgan fingerprint density at radius 2 is 1.22 bits per heavy atom. The molecule has 0 atom stereocenters. The molecule has 0 unspecified atom stereocenters. The van der Waals surface area contributed by atoms with Crippen LogP contribution in [0.15, 0.2) is 83.8 Å². The van der Waals surface area contributed by atoms with Crippen molar-refractivity contribution in [2.45, 2.75) is 76.7 Å². The Labute approximate surface area is 248 Å². The second-order valence-corrected chi connectivity index (χ2v) is 11.2. The number of rotatable bonds is 9. The van der Waals surface area contributed by atoms with Crippen molar-refractivity contribution < 1.29 is 0 Å². The van der Waals surface area contributed by atoms with Crippen molar-refractivity contribution in [2.24, 2.45) is 9.98 Å². The van der Waals surface area contributed by atoms with Crippen molar-refractivity contribution in [3.05, 3.63) is 73.8 Å². The predicted molar refractivity (Wildman–Crippen MR) is 180 cm³/mol. The molecule has 220 valence electrons. The Bertz CT molecular complexity index is 1150. The largest absolute Gasteiger partial charge is 0.370 e. The van der Waals surface area contributed by atoms with E-state index in [-0.39, 0.29) is 0 Å². The van der Waals surface area contributed by atoms with Crippen LogP contribution < -0.4 is 20.4 Å². The fourth-order valence-corrected chi connectivity index (χ4v) is 5.90. The van der Waals surface area contributed by atoms with Gasteiger partial charge in [-0.2, -0.15) is 0 Å². The van der Waals surface area contributed by atoms with E-state index in [4.69, 9.17) is 0 Å². The highest BCUT2D eigenvalue weighted by Crippen LogP contribution is 2.31. The second kappa shape index (κ2) is 16.7. The monoisotopic (exact) mass is 554 g/mol. The summed E-state index contributed by atoms with van der Waals surface area (Å²) >= 11 is 0. The van der Waals surface area contributed by atoms with Crippen LogP contribution in [0.1, 0.15) is 70.6 Å². The van der Waals surface area contributed by atoms with E-state index in [0.717, 1.165) is 56.4 Å². The maximum atomic E-state index is 4.62. The lowest BCUT2D eigenvalue weighted by Gasteiger charge is -2.34. The highest BCUT2D eigenvalue weighted by atomic mass is 15.2. The number of nitrogens with one attached hydrogen (secondary N) is 2. The molecule has 1 fully saturated rings. The summed E-state index contributed by atoms with van der Waals surface area (Å²) in [7, 11) is 2.25. The number of para-hydroxylation sites is 4. The molecule has 2 aliphatic heterocycles. The molecule has 2 aromatic rings. The number of nitrogens with zero attached hydrogens (tertiary/aromatic N) is 4. The molecule has 1 aliphatic carbocycles. The first-order valence-electron chi connectivity index (χ1n) is 15.7. The Kier molecular flexibility index (Phi) is 12.4. The fraction of sp³-hybridized carbons (Fsp3) is 0.486. The summed E-state index contributed by atoms with van der Waals surface area (Å²) in [5.74, 6) is 2.26. The van der Waals surface area contributed by atoms with E-state index in [1.807, 2.05) is 12.2 Å². The van der Waals surface area contributed by atoms with Gasteiger partial charge in [0.2, 0.25) is 0 Å². The van der Waals surface area contributed by atoms with Gasteiger partial charge in [0.1, 0.15) is 11.7 Å². The van der Waals surface area contributed by atoms with Gasteiger partial charge >= 0.3 is 0 Å². The second-order valence-electron chi connectivity index (χ2n) is 11.2. The molecule has 3 aliphatic rings. The van der Waals surface area contributed by atoms with Crippen LogP contribution in [0.3, 0.4) is 0 Å². The van der Waals surface area contributed by atoms with Crippen LogP contribution in [0.2, 0.25) is 0 Å². The topological polar surface area (TPSA) is 55.3 Å². The molecule has 6 heteroatoms. The molecule has 0 aromatic heterocycles. The summed E-state index contributed by atoms with van der Waals surface area (Å²) in [4.78, 5) is 13.9. The quantitative estimate of drug-likeness (QED) is 0.306. The zero-order valence-corrected chi connectivity index (χ0v) is 25.2. The average molecular weight is 555 g/mol. The lowest BCUT2D eigenvalue weighted by molar-refractivity contribution is 0.428. The number of benzene rings is 2. The van der Waals surface area contributed by atoms with Gasteiger partial charge in [-0.1, -0.05) is 55.7 Å². The van der Waals surface area contributed by atoms with Gasteiger partial charge in [-0.25, -0.2) is 0 Å². The predicted octanol–water partition coefficient (Wildman–Crippen LogP) is 8.31. The van der Waals surface area contributed by atoms with Crippen LogP contribution in [0, 0.1) is 0 Å². The molecule has 6 nitrogen and oxygen atoms in total. The first kappa shape index (κ1) is 30.4. The first-order chi connectivity index (χ1) is 20.2. The lowest BCUT2D eigenvalue weighted by atomic mass is 9.94. The normalized spacial score (nSPS) is 17.2. The maximum absolute atomic E-state index is 4.62. The molecule has 0 spiro atoms.